The van der Waals surface area contributed by atoms with Gasteiger partial charge in [-0.05, 0) is 31.4 Å². The van der Waals surface area contributed by atoms with Crippen molar-refractivity contribution in [1.82, 2.24) is 15.1 Å². The monoisotopic (exact) mass is 369 g/mol. The van der Waals surface area contributed by atoms with Crippen LogP contribution in [0, 0.1) is 0 Å². The van der Waals surface area contributed by atoms with Gasteiger partial charge in [0.05, 0.1) is 17.8 Å². The summed E-state index contributed by atoms with van der Waals surface area (Å²) in [7, 11) is -2.94. The Balaban J connectivity index is 1.51. The lowest BCUT2D eigenvalue weighted by atomic mass is 10.1. The smallest absolute Gasteiger partial charge is 0.317 e. The molecule has 3 amide bonds. The highest BCUT2D eigenvalue weighted by Crippen LogP contribution is 2.14. The van der Waals surface area contributed by atoms with Gasteiger partial charge in [-0.15, -0.1) is 0 Å². The number of carbonyl (C=O) groups is 2. The molecule has 2 fully saturated rings. The molecule has 0 atom stereocenters. The summed E-state index contributed by atoms with van der Waals surface area (Å²) >= 11 is 0. The van der Waals surface area contributed by atoms with Crippen LogP contribution in [0.4, 0.5) is 4.79 Å². The second kappa shape index (κ2) is 7.47. The Morgan fingerprint density at radius 2 is 1.76 bits per heavy atom. The molecule has 1 N–H and O–H groups in total. The van der Waals surface area contributed by atoms with E-state index in [1.54, 1.807) is 21.9 Å². The number of hydrogen-bond donors (Lipinski definition) is 1. The number of nitrogens with one attached hydrogen (secondary N) is 1. The maximum atomic E-state index is 12.4. The Hall–Kier alpha value is -2.03. The van der Waals surface area contributed by atoms with Crippen LogP contribution in [-0.2, 0) is 9.84 Å². The van der Waals surface area contributed by atoms with Crippen LogP contribution in [0.2, 0.25) is 0 Å². The van der Waals surface area contributed by atoms with E-state index in [0.717, 1.165) is 0 Å². The quantitative estimate of drug-likeness (QED) is 0.828. The van der Waals surface area contributed by atoms with Gasteiger partial charge in [0.15, 0.2) is 5.76 Å². The van der Waals surface area contributed by atoms with Crippen LogP contribution in [0.15, 0.2) is 22.8 Å². The predicted octanol–water partition coefficient (Wildman–Crippen LogP) is 0.714. The molecule has 2 aliphatic rings. The van der Waals surface area contributed by atoms with Gasteiger partial charge in [0.1, 0.15) is 9.84 Å². The molecule has 0 radical (unpaired) electrons. The molecule has 2 aliphatic heterocycles. The zero-order valence-corrected chi connectivity index (χ0v) is 14.8. The van der Waals surface area contributed by atoms with Crippen LogP contribution in [0.3, 0.4) is 0 Å². The summed E-state index contributed by atoms with van der Waals surface area (Å²) in [5.74, 6) is 0.401. The van der Waals surface area contributed by atoms with E-state index in [1.165, 1.54) is 6.26 Å². The summed E-state index contributed by atoms with van der Waals surface area (Å²) in [6.45, 7) is 2.04. The van der Waals surface area contributed by atoms with Gasteiger partial charge in [-0.1, -0.05) is 0 Å². The van der Waals surface area contributed by atoms with Crippen molar-refractivity contribution in [1.29, 1.82) is 0 Å². The minimum absolute atomic E-state index is 0.0971. The van der Waals surface area contributed by atoms with Crippen molar-refractivity contribution in [3.8, 4) is 0 Å². The number of hydrogen-bond acceptors (Lipinski definition) is 5. The van der Waals surface area contributed by atoms with Crippen LogP contribution >= 0.6 is 0 Å². The Labute approximate surface area is 147 Å². The van der Waals surface area contributed by atoms with E-state index in [0.29, 0.717) is 51.2 Å². The molecule has 3 heterocycles. The maximum Gasteiger partial charge on any atom is 0.317 e. The molecule has 0 bridgehead atoms. The van der Waals surface area contributed by atoms with Crippen LogP contribution in [-0.4, -0.2) is 73.9 Å². The van der Waals surface area contributed by atoms with Crippen molar-refractivity contribution < 1.29 is 22.4 Å². The first-order chi connectivity index (χ1) is 11.9. The molecule has 0 aromatic carbocycles. The Bertz CT molecular complexity index is 702. The average Bonchev–Trinajstić information content (AvgIpc) is 3.00. The molecule has 0 saturated carbocycles. The molecule has 9 heteroatoms. The molecule has 0 aliphatic carbocycles. The van der Waals surface area contributed by atoms with Gasteiger partial charge in [-0.3, -0.25) is 4.79 Å². The van der Waals surface area contributed by atoms with Crippen LogP contribution in [0.5, 0.6) is 0 Å². The molecular weight excluding hydrogens is 346 g/mol. The van der Waals surface area contributed by atoms with Crippen molar-refractivity contribution >= 4 is 21.8 Å². The highest BCUT2D eigenvalue weighted by atomic mass is 32.2. The fourth-order valence-corrected chi connectivity index (χ4v) is 4.67. The third kappa shape index (κ3) is 4.53. The van der Waals surface area contributed by atoms with Gasteiger partial charge in [-0.25, -0.2) is 13.2 Å². The van der Waals surface area contributed by atoms with E-state index in [1.807, 2.05) is 0 Å². The summed E-state index contributed by atoms with van der Waals surface area (Å²) in [6, 6.07) is 3.03. The van der Waals surface area contributed by atoms with Crippen molar-refractivity contribution in [3.63, 3.8) is 0 Å². The SMILES string of the molecule is O=C(NC1CCS(=O)(=O)CC1)N1CCCN(C(=O)c2ccco2)CC1. The van der Waals surface area contributed by atoms with Gasteiger partial charge >= 0.3 is 6.03 Å². The molecule has 0 unspecified atom stereocenters. The summed E-state index contributed by atoms with van der Waals surface area (Å²) in [5.41, 5.74) is 0. The average molecular weight is 369 g/mol. The molecule has 3 rings (SSSR count). The summed E-state index contributed by atoms with van der Waals surface area (Å²) in [4.78, 5) is 28.1. The first kappa shape index (κ1) is 17.8. The van der Waals surface area contributed by atoms with Gasteiger partial charge in [0.2, 0.25) is 0 Å². The van der Waals surface area contributed by atoms with Gasteiger partial charge in [0, 0.05) is 32.2 Å². The number of carbonyl (C=O) groups excluding carboxylic acids is 2. The Morgan fingerprint density at radius 3 is 2.44 bits per heavy atom. The fraction of sp³-hybridized carbons (Fsp3) is 0.625. The van der Waals surface area contributed by atoms with Gasteiger partial charge < -0.3 is 19.5 Å². The van der Waals surface area contributed by atoms with Crippen LogP contribution in [0.25, 0.3) is 0 Å². The second-order valence-electron chi connectivity index (χ2n) is 6.49. The minimum atomic E-state index is -2.94. The zero-order chi connectivity index (χ0) is 17.9. The summed E-state index contributed by atoms with van der Waals surface area (Å²) in [5, 5.41) is 2.93. The van der Waals surface area contributed by atoms with E-state index < -0.39 is 9.84 Å². The standard InChI is InChI=1S/C16H23N3O5S/c20-15(14-3-1-10-24-14)18-6-2-7-19(9-8-18)16(21)17-13-4-11-25(22,23)12-5-13/h1,3,10,13H,2,4-9,11-12H2,(H,17,21). The first-order valence-corrected chi connectivity index (χ1v) is 10.4. The van der Waals surface area contributed by atoms with Crippen LogP contribution in [0.1, 0.15) is 29.8 Å². The Morgan fingerprint density at radius 1 is 1.08 bits per heavy atom. The molecular formula is C16H23N3O5S. The lowest BCUT2D eigenvalue weighted by molar-refractivity contribution is 0.0730. The predicted molar refractivity (Wildman–Crippen MR) is 91.0 cm³/mol. The minimum Gasteiger partial charge on any atom is -0.459 e. The topological polar surface area (TPSA) is 99.9 Å². The third-order valence-electron chi connectivity index (χ3n) is 4.68. The zero-order valence-electron chi connectivity index (χ0n) is 14.0. The number of sulfone groups is 1. The lowest BCUT2D eigenvalue weighted by Gasteiger charge is -2.27. The fourth-order valence-electron chi connectivity index (χ4n) is 3.18. The van der Waals surface area contributed by atoms with Crippen molar-refractivity contribution in [2.75, 3.05) is 37.7 Å². The maximum absolute atomic E-state index is 12.4. The first-order valence-electron chi connectivity index (χ1n) is 8.53. The molecule has 25 heavy (non-hydrogen) atoms. The number of nitrogens with zero attached hydrogens (tertiary/aromatic N) is 2. The van der Waals surface area contributed by atoms with Crippen LogP contribution < -0.4 is 5.32 Å². The largest absolute Gasteiger partial charge is 0.459 e. The molecule has 8 nitrogen and oxygen atoms in total. The van der Waals surface area contributed by atoms with Gasteiger partial charge in [-0.2, -0.15) is 0 Å². The number of urea groups is 1. The van der Waals surface area contributed by atoms with E-state index in [4.69, 9.17) is 4.42 Å². The Kier molecular flexibility index (Phi) is 5.31. The molecule has 1 aromatic rings. The van der Waals surface area contributed by atoms with Crippen molar-refractivity contribution in [2.45, 2.75) is 25.3 Å². The van der Waals surface area contributed by atoms with Crippen molar-refractivity contribution in [3.05, 3.63) is 24.2 Å². The van der Waals surface area contributed by atoms with Gasteiger partial charge in [0.25, 0.3) is 5.91 Å². The second-order valence-corrected chi connectivity index (χ2v) is 8.79. The molecule has 138 valence electrons. The van der Waals surface area contributed by atoms with E-state index in [2.05, 4.69) is 5.32 Å². The molecule has 2 saturated heterocycles. The highest BCUT2D eigenvalue weighted by molar-refractivity contribution is 7.91. The lowest BCUT2D eigenvalue weighted by Crippen LogP contribution is -2.48. The number of amides is 3. The van der Waals surface area contributed by atoms with E-state index in [-0.39, 0.29) is 29.5 Å². The number of rotatable bonds is 2. The number of furan rings is 1. The van der Waals surface area contributed by atoms with E-state index in [9.17, 15) is 18.0 Å². The van der Waals surface area contributed by atoms with E-state index >= 15 is 0 Å². The van der Waals surface area contributed by atoms with Crippen molar-refractivity contribution in [2.24, 2.45) is 0 Å². The third-order valence-corrected chi connectivity index (χ3v) is 6.40. The summed E-state index contributed by atoms with van der Waals surface area (Å²) < 4.78 is 28.1. The molecule has 0 spiro atoms. The molecule has 1 aromatic heterocycles. The highest BCUT2D eigenvalue weighted by Gasteiger charge is 2.28. The normalized spacial score (nSPS) is 21.6. The summed E-state index contributed by atoms with van der Waals surface area (Å²) in [6.07, 6.45) is 3.09.